The Morgan fingerprint density at radius 2 is 1.72 bits per heavy atom. The highest BCUT2D eigenvalue weighted by Gasteiger charge is 2.16. The van der Waals surface area contributed by atoms with E-state index in [1.54, 1.807) is 0 Å². The van der Waals surface area contributed by atoms with Crippen molar-refractivity contribution in [2.45, 2.75) is 18.7 Å². The van der Waals surface area contributed by atoms with Crippen molar-refractivity contribution in [3.05, 3.63) is 70.8 Å². The van der Waals surface area contributed by atoms with Crippen LogP contribution in [0.2, 0.25) is 0 Å². The minimum absolute atomic E-state index is 0.206. The van der Waals surface area contributed by atoms with E-state index in [0.29, 0.717) is 6.42 Å². The maximum Gasteiger partial charge on any atom is 0.163 e. The van der Waals surface area contributed by atoms with Gasteiger partial charge in [-0.3, -0.25) is 0 Å². The van der Waals surface area contributed by atoms with Crippen LogP contribution >= 0.6 is 11.6 Å². The lowest BCUT2D eigenvalue weighted by Gasteiger charge is -2.11. The van der Waals surface area contributed by atoms with Crippen LogP contribution < -0.4 is 0 Å². The van der Waals surface area contributed by atoms with Crippen LogP contribution in [-0.4, -0.2) is 0 Å². The van der Waals surface area contributed by atoms with Crippen molar-refractivity contribution in [1.29, 1.82) is 0 Å². The van der Waals surface area contributed by atoms with Crippen molar-refractivity contribution in [1.82, 2.24) is 0 Å². The molecule has 0 fully saturated rings. The highest BCUT2D eigenvalue weighted by molar-refractivity contribution is 6.20. The zero-order chi connectivity index (χ0) is 13.1. The lowest BCUT2D eigenvalue weighted by molar-refractivity contribution is 0.497. The van der Waals surface area contributed by atoms with Gasteiger partial charge in [0.15, 0.2) is 11.6 Å². The Balaban J connectivity index is 2.19. The van der Waals surface area contributed by atoms with Crippen LogP contribution in [0.5, 0.6) is 0 Å². The Hall–Kier alpha value is -1.41. The summed E-state index contributed by atoms with van der Waals surface area (Å²) in [4.78, 5) is 0. The topological polar surface area (TPSA) is 0 Å². The first-order valence-corrected chi connectivity index (χ1v) is 6.15. The Labute approximate surface area is 110 Å². The molecule has 2 aromatic rings. The third kappa shape index (κ3) is 2.88. The smallest absolute Gasteiger partial charge is 0.163 e. The number of benzene rings is 2. The summed E-state index contributed by atoms with van der Waals surface area (Å²) < 4.78 is 26.7. The van der Waals surface area contributed by atoms with Crippen molar-refractivity contribution in [2.24, 2.45) is 0 Å². The number of hydrogen-bond donors (Lipinski definition) is 0. The van der Waals surface area contributed by atoms with Gasteiger partial charge in [-0.15, -0.1) is 11.6 Å². The van der Waals surface area contributed by atoms with Crippen molar-refractivity contribution >= 4 is 11.6 Å². The molecule has 0 spiro atoms. The fraction of sp³-hybridized carbons (Fsp3) is 0.200. The monoisotopic (exact) mass is 266 g/mol. The van der Waals surface area contributed by atoms with E-state index < -0.39 is 17.0 Å². The molecule has 2 rings (SSSR count). The van der Waals surface area contributed by atoms with Crippen LogP contribution in [0.4, 0.5) is 8.78 Å². The molecule has 0 saturated heterocycles. The van der Waals surface area contributed by atoms with Gasteiger partial charge in [0.05, 0.1) is 5.38 Å². The fourth-order valence-electron chi connectivity index (χ4n) is 1.80. The molecule has 0 bridgehead atoms. The molecule has 0 aliphatic rings. The van der Waals surface area contributed by atoms with Crippen molar-refractivity contribution < 1.29 is 8.78 Å². The first kappa shape index (κ1) is 13.0. The van der Waals surface area contributed by atoms with Gasteiger partial charge in [0.25, 0.3) is 0 Å². The van der Waals surface area contributed by atoms with Crippen molar-refractivity contribution in [2.75, 3.05) is 0 Å². The van der Waals surface area contributed by atoms with E-state index in [0.717, 1.165) is 17.2 Å². The average molecular weight is 267 g/mol. The number of alkyl halides is 1. The van der Waals surface area contributed by atoms with Crippen LogP contribution in [0.1, 0.15) is 22.1 Å². The van der Waals surface area contributed by atoms with Crippen molar-refractivity contribution in [3.63, 3.8) is 0 Å². The molecule has 0 heterocycles. The van der Waals surface area contributed by atoms with Gasteiger partial charge in [-0.25, -0.2) is 8.78 Å². The molecule has 0 aromatic heterocycles. The van der Waals surface area contributed by atoms with Gasteiger partial charge >= 0.3 is 0 Å². The molecule has 0 radical (unpaired) electrons. The summed E-state index contributed by atoms with van der Waals surface area (Å²) in [6.07, 6.45) is 0.474. The molecule has 0 aliphatic carbocycles. The van der Waals surface area contributed by atoms with Gasteiger partial charge in [-0.2, -0.15) is 0 Å². The second kappa shape index (κ2) is 5.49. The highest BCUT2D eigenvalue weighted by Crippen LogP contribution is 2.28. The van der Waals surface area contributed by atoms with Crippen LogP contribution in [0.25, 0.3) is 0 Å². The van der Waals surface area contributed by atoms with Gasteiger partial charge in [0, 0.05) is 5.56 Å². The molecule has 3 heteroatoms. The number of aryl methyl sites for hydroxylation is 1. The van der Waals surface area contributed by atoms with Crippen LogP contribution in [0.3, 0.4) is 0 Å². The summed E-state index contributed by atoms with van der Waals surface area (Å²) in [6.45, 7) is 1.99. The minimum Gasteiger partial charge on any atom is -0.204 e. The maximum absolute atomic E-state index is 13.6. The number of hydrogen-bond acceptors (Lipinski definition) is 0. The molecule has 2 aromatic carbocycles. The Morgan fingerprint density at radius 1 is 1.06 bits per heavy atom. The zero-order valence-electron chi connectivity index (χ0n) is 9.96. The summed E-state index contributed by atoms with van der Waals surface area (Å²) in [6, 6.07) is 11.9. The predicted molar refractivity (Wildman–Crippen MR) is 69.8 cm³/mol. The normalized spacial score (nSPS) is 12.4. The van der Waals surface area contributed by atoms with E-state index >= 15 is 0 Å². The molecule has 0 saturated carbocycles. The summed E-state index contributed by atoms with van der Waals surface area (Å²) in [5.74, 6) is -1.72. The van der Waals surface area contributed by atoms with E-state index in [-0.39, 0.29) is 5.56 Å². The summed E-state index contributed by atoms with van der Waals surface area (Å²) in [7, 11) is 0. The minimum atomic E-state index is -0.859. The standard InChI is InChI=1S/C15H13ClF2/c1-10-5-7-11(8-6-10)9-13(16)12-3-2-4-14(17)15(12)18/h2-8,13H,9H2,1H3. The van der Waals surface area contributed by atoms with E-state index in [1.807, 2.05) is 31.2 Å². The van der Waals surface area contributed by atoms with Crippen LogP contribution in [0, 0.1) is 18.6 Å². The second-order valence-corrected chi connectivity index (χ2v) is 4.83. The lowest BCUT2D eigenvalue weighted by Crippen LogP contribution is -2.01. The molecule has 0 amide bonds. The third-order valence-electron chi connectivity index (χ3n) is 2.85. The molecular formula is C15H13ClF2. The van der Waals surface area contributed by atoms with Gasteiger partial charge < -0.3 is 0 Å². The first-order valence-electron chi connectivity index (χ1n) is 5.71. The lowest BCUT2D eigenvalue weighted by atomic mass is 10.0. The first-order chi connectivity index (χ1) is 8.58. The molecule has 1 unspecified atom stereocenters. The molecule has 0 nitrogen and oxygen atoms in total. The number of halogens is 3. The Kier molecular flexibility index (Phi) is 3.97. The molecular weight excluding hydrogens is 254 g/mol. The highest BCUT2D eigenvalue weighted by atomic mass is 35.5. The summed E-state index contributed by atoms with van der Waals surface area (Å²) in [5.41, 5.74) is 2.36. The Morgan fingerprint density at radius 3 is 2.39 bits per heavy atom. The van der Waals surface area contributed by atoms with Gasteiger partial charge in [0.1, 0.15) is 0 Å². The van der Waals surface area contributed by atoms with Gasteiger partial charge in [0.2, 0.25) is 0 Å². The van der Waals surface area contributed by atoms with Gasteiger partial charge in [-0.1, -0.05) is 42.0 Å². The SMILES string of the molecule is Cc1ccc(CC(Cl)c2cccc(F)c2F)cc1. The largest absolute Gasteiger partial charge is 0.204 e. The van der Waals surface area contributed by atoms with E-state index in [1.165, 1.54) is 12.1 Å². The third-order valence-corrected chi connectivity index (χ3v) is 3.24. The van der Waals surface area contributed by atoms with E-state index in [4.69, 9.17) is 11.6 Å². The molecule has 18 heavy (non-hydrogen) atoms. The summed E-state index contributed by atoms with van der Waals surface area (Å²) in [5, 5.41) is -0.566. The quantitative estimate of drug-likeness (QED) is 0.701. The summed E-state index contributed by atoms with van der Waals surface area (Å²) >= 11 is 6.15. The molecule has 0 aliphatic heterocycles. The Bertz CT molecular complexity index is 535. The van der Waals surface area contributed by atoms with Crippen LogP contribution in [-0.2, 0) is 6.42 Å². The zero-order valence-corrected chi connectivity index (χ0v) is 10.7. The maximum atomic E-state index is 13.6. The predicted octanol–water partition coefficient (Wildman–Crippen LogP) is 4.80. The molecule has 0 N–H and O–H groups in total. The molecule has 94 valence electrons. The second-order valence-electron chi connectivity index (χ2n) is 4.30. The number of rotatable bonds is 3. The van der Waals surface area contributed by atoms with Gasteiger partial charge in [-0.05, 0) is 25.0 Å². The molecule has 1 atom stereocenters. The van der Waals surface area contributed by atoms with Crippen LogP contribution in [0.15, 0.2) is 42.5 Å². The average Bonchev–Trinajstić information content (AvgIpc) is 2.35. The van der Waals surface area contributed by atoms with E-state index in [9.17, 15) is 8.78 Å². The fourth-order valence-corrected chi connectivity index (χ4v) is 2.15. The van der Waals surface area contributed by atoms with E-state index in [2.05, 4.69) is 0 Å². The van der Waals surface area contributed by atoms with Crippen molar-refractivity contribution in [3.8, 4) is 0 Å².